The molecule has 0 unspecified atom stereocenters. The zero-order chi connectivity index (χ0) is 23.4. The summed E-state index contributed by atoms with van der Waals surface area (Å²) in [7, 11) is 0. The van der Waals surface area contributed by atoms with E-state index in [1.165, 1.54) is 44.9 Å². The second-order valence-corrected chi connectivity index (χ2v) is 10.1. The number of piperazine rings is 1. The van der Waals surface area contributed by atoms with Crippen molar-refractivity contribution in [3.05, 3.63) is 11.8 Å². The van der Waals surface area contributed by atoms with Crippen molar-refractivity contribution in [1.29, 1.82) is 5.26 Å². The molecule has 0 atom stereocenters. The number of nitrogens with one attached hydrogen (secondary N) is 1. The van der Waals surface area contributed by atoms with Crippen LogP contribution in [0.25, 0.3) is 0 Å². The lowest BCUT2D eigenvalue weighted by atomic mass is 9.97. The molecule has 1 aliphatic heterocycles. The van der Waals surface area contributed by atoms with Gasteiger partial charge in [0.15, 0.2) is 0 Å². The van der Waals surface area contributed by atoms with E-state index >= 15 is 0 Å². The van der Waals surface area contributed by atoms with Crippen molar-refractivity contribution in [2.75, 3.05) is 26.2 Å². The third-order valence-corrected chi connectivity index (χ3v) is 6.08. The van der Waals surface area contributed by atoms with Crippen LogP contribution < -0.4 is 5.32 Å². The van der Waals surface area contributed by atoms with Gasteiger partial charge in [0.2, 0.25) is 0 Å². The third kappa shape index (κ3) is 9.93. The minimum atomic E-state index is -0.520. The van der Waals surface area contributed by atoms with E-state index in [2.05, 4.69) is 11.4 Å². The van der Waals surface area contributed by atoms with E-state index in [-0.39, 0.29) is 23.6 Å². The monoisotopic (exact) mass is 446 g/mol. The molecule has 0 bridgehead atoms. The first-order chi connectivity index (χ1) is 15.3. The molecule has 0 aromatic rings. The number of nitrogens with zero attached hydrogens (tertiary/aromatic N) is 3. The molecule has 7 heteroatoms. The lowest BCUT2D eigenvalue weighted by molar-refractivity contribution is -0.118. The zero-order valence-corrected chi connectivity index (χ0v) is 20.3. The van der Waals surface area contributed by atoms with Crippen LogP contribution in [0.3, 0.4) is 0 Å². The molecule has 0 radical (unpaired) electrons. The quantitative estimate of drug-likeness (QED) is 0.500. The number of ether oxygens (including phenoxy) is 1. The average molecular weight is 447 g/mol. The molecular formula is C25H42N4O3. The van der Waals surface area contributed by atoms with Crippen LogP contribution in [0.2, 0.25) is 0 Å². The summed E-state index contributed by atoms with van der Waals surface area (Å²) in [6, 6.07) is 2.22. The summed E-state index contributed by atoms with van der Waals surface area (Å²) in [5, 5.41) is 12.7. The normalized spacial score (nSPS) is 20.5. The number of carbonyl (C=O) groups excluding carboxylic acids is 2. The van der Waals surface area contributed by atoms with Gasteiger partial charge in [0.05, 0.1) is 0 Å². The fourth-order valence-corrected chi connectivity index (χ4v) is 4.25. The molecule has 1 heterocycles. The van der Waals surface area contributed by atoms with E-state index in [4.69, 9.17) is 4.74 Å². The molecule has 1 aliphatic carbocycles. The summed E-state index contributed by atoms with van der Waals surface area (Å²) in [5.41, 5.74) is -0.380. The maximum atomic E-state index is 12.8. The number of carbonyl (C=O) groups is 2. The van der Waals surface area contributed by atoms with Gasteiger partial charge in [0.25, 0.3) is 5.91 Å². The molecule has 2 aliphatic rings. The van der Waals surface area contributed by atoms with Crippen LogP contribution in [0.4, 0.5) is 4.79 Å². The molecule has 32 heavy (non-hydrogen) atoms. The third-order valence-electron chi connectivity index (χ3n) is 6.08. The Morgan fingerprint density at radius 2 is 1.41 bits per heavy atom. The maximum absolute atomic E-state index is 12.8. The van der Waals surface area contributed by atoms with Crippen LogP contribution in [-0.4, -0.2) is 59.6 Å². The second-order valence-electron chi connectivity index (χ2n) is 10.1. The van der Waals surface area contributed by atoms with E-state index in [0.717, 1.165) is 25.7 Å². The second kappa shape index (κ2) is 13.3. The summed E-state index contributed by atoms with van der Waals surface area (Å²) in [6.07, 6.45) is 14.5. The van der Waals surface area contributed by atoms with E-state index in [0.29, 0.717) is 26.2 Å². The van der Waals surface area contributed by atoms with Crippen molar-refractivity contribution in [2.45, 2.75) is 103 Å². The highest BCUT2D eigenvalue weighted by Gasteiger charge is 2.26. The van der Waals surface area contributed by atoms with Crippen molar-refractivity contribution in [3.63, 3.8) is 0 Å². The molecular weight excluding hydrogens is 404 g/mol. The van der Waals surface area contributed by atoms with Crippen LogP contribution in [0.1, 0.15) is 91.4 Å². The van der Waals surface area contributed by atoms with Crippen molar-refractivity contribution in [2.24, 2.45) is 0 Å². The smallest absolute Gasteiger partial charge is 0.410 e. The summed E-state index contributed by atoms with van der Waals surface area (Å²) in [6.45, 7) is 7.71. The highest BCUT2D eigenvalue weighted by Crippen LogP contribution is 2.18. The van der Waals surface area contributed by atoms with Gasteiger partial charge in [-0.05, 0) is 33.6 Å². The Morgan fingerprint density at radius 3 is 1.88 bits per heavy atom. The fraction of sp³-hybridized carbons (Fsp3) is 0.800. The predicted octanol–water partition coefficient (Wildman–Crippen LogP) is 4.74. The van der Waals surface area contributed by atoms with E-state index in [9.17, 15) is 14.9 Å². The topological polar surface area (TPSA) is 85.7 Å². The van der Waals surface area contributed by atoms with Gasteiger partial charge >= 0.3 is 6.09 Å². The van der Waals surface area contributed by atoms with Gasteiger partial charge in [-0.3, -0.25) is 4.79 Å². The first-order valence-electron chi connectivity index (χ1n) is 12.4. The molecule has 2 fully saturated rings. The molecule has 2 amide bonds. The van der Waals surface area contributed by atoms with Gasteiger partial charge in [0, 0.05) is 38.4 Å². The van der Waals surface area contributed by atoms with Crippen molar-refractivity contribution >= 4 is 12.0 Å². The molecule has 0 aromatic heterocycles. The van der Waals surface area contributed by atoms with Crippen LogP contribution in [0, 0.1) is 11.3 Å². The Bertz CT molecular complexity index is 658. The van der Waals surface area contributed by atoms with E-state index in [1.807, 2.05) is 25.7 Å². The van der Waals surface area contributed by atoms with Gasteiger partial charge in [-0.25, -0.2) is 4.79 Å². The van der Waals surface area contributed by atoms with Crippen molar-refractivity contribution in [3.8, 4) is 6.07 Å². The maximum Gasteiger partial charge on any atom is 0.410 e. The molecule has 1 saturated heterocycles. The first-order valence-corrected chi connectivity index (χ1v) is 12.4. The van der Waals surface area contributed by atoms with E-state index in [1.54, 1.807) is 11.1 Å². The highest BCUT2D eigenvalue weighted by molar-refractivity contribution is 5.97. The number of hydrogen-bond acceptors (Lipinski definition) is 5. The summed E-state index contributed by atoms with van der Waals surface area (Å²) >= 11 is 0. The number of rotatable bonds is 3. The number of hydrogen-bond donors (Lipinski definition) is 1. The van der Waals surface area contributed by atoms with Crippen molar-refractivity contribution < 1.29 is 14.3 Å². The molecule has 0 aromatic carbocycles. The Hall–Kier alpha value is -2.23. The van der Waals surface area contributed by atoms with Crippen molar-refractivity contribution in [1.82, 2.24) is 15.1 Å². The van der Waals surface area contributed by atoms with Crippen LogP contribution in [0.15, 0.2) is 11.8 Å². The highest BCUT2D eigenvalue weighted by atomic mass is 16.6. The Morgan fingerprint density at radius 1 is 0.906 bits per heavy atom. The molecule has 1 N–H and O–H groups in total. The average Bonchev–Trinajstić information content (AvgIpc) is 2.73. The van der Waals surface area contributed by atoms with Crippen LogP contribution >= 0.6 is 0 Å². The summed E-state index contributed by atoms with van der Waals surface area (Å²) < 4.78 is 5.42. The summed E-state index contributed by atoms with van der Waals surface area (Å²) in [5.74, 6) is -0.279. The van der Waals surface area contributed by atoms with Gasteiger partial charge < -0.3 is 19.9 Å². The van der Waals surface area contributed by atoms with Gasteiger partial charge in [-0.1, -0.05) is 57.8 Å². The molecule has 180 valence electrons. The largest absolute Gasteiger partial charge is 0.444 e. The van der Waals surface area contributed by atoms with Gasteiger partial charge in [0.1, 0.15) is 17.2 Å². The standard InChI is InChI=1S/C25H42N4O3/c1-25(2,3)32-24(31)29-17-15-28(16-18-29)20-21(19-26)23(30)27-22-13-11-9-7-5-4-6-8-10-12-14-22/h20,22H,4-18H2,1-3H3,(H,27,30)/b21-20-. The Kier molecular flexibility index (Phi) is 10.9. The summed E-state index contributed by atoms with van der Waals surface area (Å²) in [4.78, 5) is 28.6. The lowest BCUT2D eigenvalue weighted by Crippen LogP contribution is -2.48. The van der Waals surface area contributed by atoms with Gasteiger partial charge in [-0.15, -0.1) is 0 Å². The Balaban J connectivity index is 1.86. The number of amides is 2. The predicted molar refractivity (Wildman–Crippen MR) is 126 cm³/mol. The minimum Gasteiger partial charge on any atom is -0.444 e. The van der Waals surface area contributed by atoms with E-state index < -0.39 is 5.60 Å². The zero-order valence-electron chi connectivity index (χ0n) is 20.3. The SMILES string of the molecule is CC(C)(C)OC(=O)N1CCN(/C=C(/C#N)C(=O)NC2CCCCCCCCCCC2)CC1. The molecule has 0 spiro atoms. The van der Waals surface area contributed by atoms with Crippen LogP contribution in [-0.2, 0) is 9.53 Å². The minimum absolute atomic E-state index is 0.141. The lowest BCUT2D eigenvalue weighted by Gasteiger charge is -2.35. The molecule has 2 rings (SSSR count). The van der Waals surface area contributed by atoms with Gasteiger partial charge in [-0.2, -0.15) is 5.26 Å². The fourth-order valence-electron chi connectivity index (χ4n) is 4.25. The first kappa shape index (κ1) is 26.0. The molecule has 7 nitrogen and oxygen atoms in total. The number of nitriles is 1. The van der Waals surface area contributed by atoms with Crippen LogP contribution in [0.5, 0.6) is 0 Å². The Labute approximate surface area is 194 Å². The molecule has 1 saturated carbocycles.